The molecule has 0 saturated heterocycles. The molecule has 1 aliphatic heterocycles. The highest BCUT2D eigenvalue weighted by Gasteiger charge is 2.36. The molecule has 1 aromatic rings. The Kier molecular flexibility index (Phi) is 3.16. The van der Waals surface area contributed by atoms with Gasteiger partial charge in [-0.1, -0.05) is 6.92 Å². The number of nitrogens with one attached hydrogen (secondary N) is 1. The Morgan fingerprint density at radius 2 is 2.39 bits per heavy atom. The third-order valence-electron chi connectivity index (χ3n) is 4.09. The van der Waals surface area contributed by atoms with Crippen molar-refractivity contribution >= 4 is 17.2 Å². The van der Waals surface area contributed by atoms with E-state index < -0.39 is 0 Å². The van der Waals surface area contributed by atoms with Crippen molar-refractivity contribution in [2.75, 3.05) is 19.6 Å². The first-order chi connectivity index (χ1) is 8.66. The third kappa shape index (κ3) is 2.59. The van der Waals surface area contributed by atoms with Crippen molar-refractivity contribution in [1.29, 1.82) is 0 Å². The second-order valence-corrected chi connectivity index (χ2v) is 6.85. The van der Waals surface area contributed by atoms with Gasteiger partial charge >= 0.3 is 0 Å². The number of carbonyl (C=O) groups is 1. The van der Waals surface area contributed by atoms with E-state index in [0.29, 0.717) is 12.0 Å². The molecule has 1 amide bonds. The summed E-state index contributed by atoms with van der Waals surface area (Å²) in [5, 5.41) is 5.44. The Balaban J connectivity index is 1.48. The van der Waals surface area contributed by atoms with Gasteiger partial charge < -0.3 is 10.2 Å². The van der Waals surface area contributed by atoms with Crippen LogP contribution in [0, 0.1) is 5.41 Å². The van der Waals surface area contributed by atoms with Gasteiger partial charge in [-0.05, 0) is 41.7 Å². The molecule has 1 saturated carbocycles. The Morgan fingerprint density at radius 1 is 1.56 bits per heavy atom. The SMILES string of the molecule is CC1(CNCC(=O)N2CCc3sccc3C2)CC1. The first kappa shape index (κ1) is 12.2. The summed E-state index contributed by atoms with van der Waals surface area (Å²) in [7, 11) is 0. The molecule has 0 spiro atoms. The summed E-state index contributed by atoms with van der Waals surface area (Å²) in [5.41, 5.74) is 1.82. The second kappa shape index (κ2) is 4.67. The molecule has 1 fully saturated rings. The molecule has 1 N–H and O–H groups in total. The van der Waals surface area contributed by atoms with Crippen LogP contribution in [0.4, 0.5) is 0 Å². The standard InChI is InChI=1S/C14H20N2OS/c1-14(4-5-14)10-15-8-13(17)16-6-2-12-11(9-16)3-7-18-12/h3,7,15H,2,4-6,8-10H2,1H3. The van der Waals surface area contributed by atoms with Crippen LogP contribution in [0.5, 0.6) is 0 Å². The minimum Gasteiger partial charge on any atom is -0.337 e. The first-order valence-corrected chi connectivity index (χ1v) is 7.58. The summed E-state index contributed by atoms with van der Waals surface area (Å²) >= 11 is 1.82. The number of hydrogen-bond donors (Lipinski definition) is 1. The lowest BCUT2D eigenvalue weighted by Gasteiger charge is -2.27. The van der Waals surface area contributed by atoms with Crippen molar-refractivity contribution in [3.05, 3.63) is 21.9 Å². The van der Waals surface area contributed by atoms with Crippen molar-refractivity contribution < 1.29 is 4.79 Å². The van der Waals surface area contributed by atoms with Gasteiger partial charge in [-0.2, -0.15) is 0 Å². The number of carbonyl (C=O) groups excluding carboxylic acids is 1. The van der Waals surface area contributed by atoms with E-state index in [0.717, 1.165) is 26.1 Å². The lowest BCUT2D eigenvalue weighted by Crippen LogP contribution is -2.41. The van der Waals surface area contributed by atoms with E-state index in [1.54, 1.807) is 0 Å². The topological polar surface area (TPSA) is 32.3 Å². The quantitative estimate of drug-likeness (QED) is 0.902. The molecule has 0 aromatic carbocycles. The molecule has 18 heavy (non-hydrogen) atoms. The van der Waals surface area contributed by atoms with Crippen molar-refractivity contribution in [3.63, 3.8) is 0 Å². The van der Waals surface area contributed by atoms with E-state index >= 15 is 0 Å². The van der Waals surface area contributed by atoms with Crippen LogP contribution in [0.3, 0.4) is 0 Å². The number of amides is 1. The van der Waals surface area contributed by atoms with Crippen LogP contribution in [-0.2, 0) is 17.8 Å². The lowest BCUT2D eigenvalue weighted by molar-refractivity contribution is -0.131. The van der Waals surface area contributed by atoms with E-state index in [2.05, 4.69) is 23.7 Å². The van der Waals surface area contributed by atoms with E-state index in [-0.39, 0.29) is 5.91 Å². The average Bonchev–Trinajstić information content (AvgIpc) is 2.93. The maximum Gasteiger partial charge on any atom is 0.236 e. The summed E-state index contributed by atoms with van der Waals surface area (Å²) in [6, 6.07) is 2.15. The molecule has 4 heteroatoms. The van der Waals surface area contributed by atoms with E-state index in [4.69, 9.17) is 0 Å². The fraction of sp³-hybridized carbons (Fsp3) is 0.643. The van der Waals surface area contributed by atoms with Gasteiger partial charge in [-0.25, -0.2) is 0 Å². The predicted octanol–water partition coefficient (Wildman–Crippen LogP) is 2.02. The van der Waals surface area contributed by atoms with Gasteiger partial charge in [0.2, 0.25) is 5.91 Å². The molecule has 3 rings (SSSR count). The summed E-state index contributed by atoms with van der Waals surface area (Å²) < 4.78 is 0. The van der Waals surface area contributed by atoms with Gasteiger partial charge in [0.05, 0.1) is 6.54 Å². The molecule has 2 heterocycles. The smallest absolute Gasteiger partial charge is 0.236 e. The Morgan fingerprint density at radius 3 is 3.17 bits per heavy atom. The number of thiophene rings is 1. The summed E-state index contributed by atoms with van der Waals surface area (Å²) in [6.07, 6.45) is 3.63. The predicted molar refractivity (Wildman–Crippen MR) is 73.7 cm³/mol. The van der Waals surface area contributed by atoms with E-state index in [1.807, 2.05) is 16.2 Å². The minimum atomic E-state index is 0.246. The summed E-state index contributed by atoms with van der Waals surface area (Å²) in [5.74, 6) is 0.246. The fourth-order valence-electron chi connectivity index (χ4n) is 2.43. The molecular formula is C14H20N2OS. The lowest BCUT2D eigenvalue weighted by atomic mass is 10.1. The third-order valence-corrected chi connectivity index (χ3v) is 5.11. The van der Waals surface area contributed by atoms with Crippen LogP contribution in [0.15, 0.2) is 11.4 Å². The Bertz CT molecular complexity index is 450. The molecule has 0 radical (unpaired) electrons. The highest BCUT2D eigenvalue weighted by Crippen LogP contribution is 2.43. The summed E-state index contributed by atoms with van der Waals surface area (Å²) in [6.45, 7) is 5.44. The van der Waals surface area contributed by atoms with Crippen LogP contribution >= 0.6 is 11.3 Å². The molecule has 3 nitrogen and oxygen atoms in total. The average molecular weight is 264 g/mol. The number of nitrogens with zero attached hydrogens (tertiary/aromatic N) is 1. The number of fused-ring (bicyclic) bond motifs is 1. The first-order valence-electron chi connectivity index (χ1n) is 6.70. The van der Waals surface area contributed by atoms with Crippen molar-refractivity contribution in [1.82, 2.24) is 10.2 Å². The highest BCUT2D eigenvalue weighted by molar-refractivity contribution is 7.10. The van der Waals surface area contributed by atoms with Gasteiger partial charge in [0, 0.05) is 24.5 Å². The van der Waals surface area contributed by atoms with Gasteiger partial charge in [0.15, 0.2) is 0 Å². The summed E-state index contributed by atoms with van der Waals surface area (Å²) in [4.78, 5) is 15.5. The molecule has 1 aromatic heterocycles. The van der Waals surface area contributed by atoms with Crippen LogP contribution in [0.1, 0.15) is 30.2 Å². The second-order valence-electron chi connectivity index (χ2n) is 5.85. The molecular weight excluding hydrogens is 244 g/mol. The highest BCUT2D eigenvalue weighted by atomic mass is 32.1. The van der Waals surface area contributed by atoms with Crippen LogP contribution in [0.2, 0.25) is 0 Å². The van der Waals surface area contributed by atoms with Crippen LogP contribution < -0.4 is 5.32 Å². The molecule has 98 valence electrons. The molecule has 1 aliphatic carbocycles. The minimum absolute atomic E-state index is 0.246. The zero-order valence-electron chi connectivity index (χ0n) is 10.9. The molecule has 2 aliphatic rings. The normalized spacial score (nSPS) is 20.6. The van der Waals surface area contributed by atoms with Crippen LogP contribution in [0.25, 0.3) is 0 Å². The zero-order chi connectivity index (χ0) is 12.6. The number of hydrogen-bond acceptors (Lipinski definition) is 3. The monoisotopic (exact) mass is 264 g/mol. The van der Waals surface area contributed by atoms with Gasteiger partial charge in [-0.3, -0.25) is 4.79 Å². The largest absolute Gasteiger partial charge is 0.337 e. The fourth-order valence-corrected chi connectivity index (χ4v) is 3.32. The van der Waals surface area contributed by atoms with Crippen molar-refractivity contribution in [3.8, 4) is 0 Å². The maximum atomic E-state index is 12.1. The molecule has 0 bridgehead atoms. The zero-order valence-corrected chi connectivity index (χ0v) is 11.7. The van der Waals surface area contributed by atoms with E-state index in [1.165, 1.54) is 23.3 Å². The van der Waals surface area contributed by atoms with Crippen LogP contribution in [-0.4, -0.2) is 30.4 Å². The molecule has 0 atom stereocenters. The Labute approximate surface area is 112 Å². The van der Waals surface area contributed by atoms with Gasteiger partial charge in [-0.15, -0.1) is 11.3 Å². The Hall–Kier alpha value is -0.870. The van der Waals surface area contributed by atoms with Gasteiger partial charge in [0.1, 0.15) is 0 Å². The van der Waals surface area contributed by atoms with Crippen molar-refractivity contribution in [2.24, 2.45) is 5.41 Å². The maximum absolute atomic E-state index is 12.1. The number of rotatable bonds is 4. The molecule has 0 unspecified atom stereocenters. The van der Waals surface area contributed by atoms with Gasteiger partial charge in [0.25, 0.3) is 0 Å². The van der Waals surface area contributed by atoms with Crippen molar-refractivity contribution in [2.45, 2.75) is 32.7 Å². The van der Waals surface area contributed by atoms with E-state index in [9.17, 15) is 4.79 Å².